The first kappa shape index (κ1) is 18.5. The van der Waals surface area contributed by atoms with Crippen LogP contribution in [0.5, 0.6) is 0 Å². The van der Waals surface area contributed by atoms with E-state index in [-0.39, 0.29) is 28.6 Å². The average Bonchev–Trinajstić information content (AvgIpc) is 3.11. The quantitative estimate of drug-likeness (QED) is 0.877. The smallest absolute Gasteiger partial charge is 0.416 e. The summed E-state index contributed by atoms with van der Waals surface area (Å²) in [5.41, 5.74) is -1.52. The Morgan fingerprint density at radius 2 is 1.96 bits per heavy atom. The van der Waals surface area contributed by atoms with E-state index in [9.17, 15) is 26.4 Å². The van der Waals surface area contributed by atoms with Crippen molar-refractivity contribution in [2.75, 3.05) is 11.5 Å². The molecule has 0 aliphatic carbocycles. The fourth-order valence-corrected chi connectivity index (χ4v) is 5.00. The molecule has 1 saturated heterocycles. The number of nitrogens with one attached hydrogen (secondary N) is 1. The van der Waals surface area contributed by atoms with Crippen LogP contribution in [0.3, 0.4) is 0 Å². The topological polar surface area (TPSA) is 76.4 Å². The molecule has 26 heavy (non-hydrogen) atoms. The first-order valence-electron chi connectivity index (χ1n) is 7.78. The molecule has 3 rings (SSSR count). The minimum Gasteiger partial charge on any atom is -0.451 e. The Balaban J connectivity index is 1.79. The molecule has 1 aromatic heterocycles. The van der Waals surface area contributed by atoms with Crippen molar-refractivity contribution in [2.24, 2.45) is 0 Å². The summed E-state index contributed by atoms with van der Waals surface area (Å²) in [4.78, 5) is 12.3. The predicted molar refractivity (Wildman–Crippen MR) is 88.3 cm³/mol. The molecule has 1 atom stereocenters. The van der Waals surface area contributed by atoms with Gasteiger partial charge in [-0.15, -0.1) is 0 Å². The highest BCUT2D eigenvalue weighted by Crippen LogP contribution is 2.33. The number of hydrogen-bond donors (Lipinski definition) is 1. The number of amides is 1. The predicted octanol–water partition coefficient (Wildman–Crippen LogP) is 3.27. The molecule has 1 aliphatic rings. The Hall–Kier alpha value is -2.29. The van der Waals surface area contributed by atoms with Gasteiger partial charge in [0.05, 0.1) is 22.6 Å². The first-order chi connectivity index (χ1) is 12.0. The highest BCUT2D eigenvalue weighted by molar-refractivity contribution is 7.91. The van der Waals surface area contributed by atoms with Crippen LogP contribution in [0.1, 0.15) is 29.5 Å². The Morgan fingerprint density at radius 3 is 2.58 bits per heavy atom. The third kappa shape index (κ3) is 3.92. The normalized spacial score (nSPS) is 22.3. The van der Waals surface area contributed by atoms with Crippen molar-refractivity contribution in [2.45, 2.75) is 25.1 Å². The van der Waals surface area contributed by atoms with Crippen LogP contribution >= 0.6 is 0 Å². The minimum absolute atomic E-state index is 0.00256. The standard InChI is InChI=1S/C17H16F3NO4S/c1-16(7-8-26(23,24)10-16)21-15(22)14-6-5-13(25-14)11-3-2-4-12(9-11)17(18,19)20/h2-6,9H,7-8,10H2,1H3,(H,21,22). The molecule has 1 unspecified atom stereocenters. The lowest BCUT2D eigenvalue weighted by Gasteiger charge is -2.23. The van der Waals surface area contributed by atoms with Crippen LogP contribution in [0.4, 0.5) is 13.2 Å². The van der Waals surface area contributed by atoms with E-state index in [1.807, 2.05) is 0 Å². The lowest BCUT2D eigenvalue weighted by Crippen LogP contribution is -2.46. The van der Waals surface area contributed by atoms with Gasteiger partial charge < -0.3 is 9.73 Å². The van der Waals surface area contributed by atoms with E-state index in [4.69, 9.17) is 4.42 Å². The first-order valence-corrected chi connectivity index (χ1v) is 9.60. The molecule has 1 aliphatic heterocycles. The summed E-state index contributed by atoms with van der Waals surface area (Å²) in [5.74, 6) is -0.749. The van der Waals surface area contributed by atoms with Crippen molar-refractivity contribution in [3.05, 3.63) is 47.7 Å². The van der Waals surface area contributed by atoms with Gasteiger partial charge in [0.2, 0.25) is 0 Å². The number of halogens is 3. The Labute approximate surface area is 148 Å². The second-order valence-corrected chi connectivity index (χ2v) is 8.78. The molecule has 140 valence electrons. The van der Waals surface area contributed by atoms with Crippen LogP contribution < -0.4 is 5.32 Å². The summed E-state index contributed by atoms with van der Waals surface area (Å²) in [5, 5.41) is 2.64. The van der Waals surface area contributed by atoms with Crippen molar-refractivity contribution >= 4 is 15.7 Å². The zero-order valence-electron chi connectivity index (χ0n) is 13.8. The summed E-state index contributed by atoms with van der Waals surface area (Å²) in [7, 11) is -3.19. The number of alkyl halides is 3. The van der Waals surface area contributed by atoms with Crippen LogP contribution in [0.25, 0.3) is 11.3 Å². The Bertz CT molecular complexity index is 949. The van der Waals surface area contributed by atoms with Crippen molar-refractivity contribution in [3.8, 4) is 11.3 Å². The van der Waals surface area contributed by atoms with E-state index in [2.05, 4.69) is 5.32 Å². The molecular weight excluding hydrogens is 371 g/mol. The number of carbonyl (C=O) groups excluding carboxylic acids is 1. The van der Waals surface area contributed by atoms with Gasteiger partial charge in [0.15, 0.2) is 15.6 Å². The van der Waals surface area contributed by atoms with E-state index >= 15 is 0 Å². The summed E-state index contributed by atoms with van der Waals surface area (Å²) < 4.78 is 67.0. The molecule has 1 amide bonds. The highest BCUT2D eigenvalue weighted by Gasteiger charge is 2.40. The summed E-state index contributed by atoms with van der Waals surface area (Å²) in [6, 6.07) is 7.33. The largest absolute Gasteiger partial charge is 0.451 e. The van der Waals surface area contributed by atoms with Crippen LogP contribution in [0, 0.1) is 0 Å². The van der Waals surface area contributed by atoms with Gasteiger partial charge in [-0.3, -0.25) is 4.79 Å². The van der Waals surface area contributed by atoms with Gasteiger partial charge in [-0.1, -0.05) is 12.1 Å². The molecule has 0 spiro atoms. The monoisotopic (exact) mass is 387 g/mol. The lowest BCUT2D eigenvalue weighted by atomic mass is 10.0. The van der Waals surface area contributed by atoms with Gasteiger partial charge in [0.1, 0.15) is 5.76 Å². The second kappa shape index (κ2) is 6.15. The second-order valence-electron chi connectivity index (χ2n) is 6.60. The number of sulfone groups is 1. The van der Waals surface area contributed by atoms with Gasteiger partial charge in [-0.25, -0.2) is 8.42 Å². The Kier molecular flexibility index (Phi) is 4.38. The number of hydrogen-bond acceptors (Lipinski definition) is 4. The maximum atomic E-state index is 12.8. The number of carbonyl (C=O) groups is 1. The third-order valence-corrected chi connectivity index (χ3v) is 6.13. The maximum absolute atomic E-state index is 12.8. The fourth-order valence-electron chi connectivity index (χ4n) is 2.91. The number of benzene rings is 1. The molecule has 1 N–H and O–H groups in total. The highest BCUT2D eigenvalue weighted by atomic mass is 32.2. The van der Waals surface area contributed by atoms with Crippen LogP contribution in [0.15, 0.2) is 40.8 Å². The SMILES string of the molecule is CC1(NC(=O)c2ccc(-c3cccc(C(F)(F)F)c3)o2)CCS(=O)(=O)C1. The van der Waals surface area contributed by atoms with Crippen molar-refractivity contribution in [3.63, 3.8) is 0 Å². The molecule has 5 nitrogen and oxygen atoms in total. The maximum Gasteiger partial charge on any atom is 0.416 e. The molecular formula is C17H16F3NO4S. The van der Waals surface area contributed by atoms with E-state index in [0.717, 1.165) is 12.1 Å². The van der Waals surface area contributed by atoms with E-state index in [1.165, 1.54) is 24.3 Å². The van der Waals surface area contributed by atoms with Crippen LogP contribution in [0.2, 0.25) is 0 Å². The van der Waals surface area contributed by atoms with E-state index in [0.29, 0.717) is 6.42 Å². The summed E-state index contributed by atoms with van der Waals surface area (Å²) >= 11 is 0. The van der Waals surface area contributed by atoms with Gasteiger partial charge in [-0.05, 0) is 37.6 Å². The molecule has 9 heteroatoms. The molecule has 2 aromatic rings. The molecule has 0 saturated carbocycles. The minimum atomic E-state index is -4.48. The lowest BCUT2D eigenvalue weighted by molar-refractivity contribution is -0.137. The molecule has 0 bridgehead atoms. The van der Waals surface area contributed by atoms with Gasteiger partial charge in [0, 0.05) is 5.56 Å². The number of furan rings is 1. The number of rotatable bonds is 3. The molecule has 0 radical (unpaired) electrons. The molecule has 2 heterocycles. The van der Waals surface area contributed by atoms with Crippen molar-refractivity contribution in [1.82, 2.24) is 5.32 Å². The van der Waals surface area contributed by atoms with Gasteiger partial charge in [-0.2, -0.15) is 13.2 Å². The van der Waals surface area contributed by atoms with E-state index < -0.39 is 33.0 Å². The van der Waals surface area contributed by atoms with Crippen LogP contribution in [-0.4, -0.2) is 31.4 Å². The van der Waals surface area contributed by atoms with Crippen LogP contribution in [-0.2, 0) is 16.0 Å². The molecule has 1 aromatic carbocycles. The zero-order chi connectivity index (χ0) is 19.2. The zero-order valence-corrected chi connectivity index (χ0v) is 14.6. The van der Waals surface area contributed by atoms with Crippen molar-refractivity contribution < 1.29 is 30.8 Å². The third-order valence-electron chi connectivity index (χ3n) is 4.22. The summed E-state index contributed by atoms with van der Waals surface area (Å²) in [6.07, 6.45) is -4.19. The van der Waals surface area contributed by atoms with Gasteiger partial charge in [0.25, 0.3) is 5.91 Å². The molecule has 1 fully saturated rings. The summed E-state index contributed by atoms with van der Waals surface area (Å²) in [6.45, 7) is 1.63. The van der Waals surface area contributed by atoms with Crippen molar-refractivity contribution in [1.29, 1.82) is 0 Å². The van der Waals surface area contributed by atoms with Gasteiger partial charge >= 0.3 is 6.18 Å². The average molecular weight is 387 g/mol. The van der Waals surface area contributed by atoms with E-state index in [1.54, 1.807) is 6.92 Å². The fraction of sp³-hybridized carbons (Fsp3) is 0.353. The Morgan fingerprint density at radius 1 is 1.23 bits per heavy atom.